The largest absolute Gasteiger partial charge is 0.393 e. The molecule has 2 aromatic heterocycles. The van der Waals surface area contributed by atoms with Crippen molar-refractivity contribution in [1.29, 1.82) is 0 Å². The van der Waals surface area contributed by atoms with E-state index in [1.165, 1.54) is 0 Å². The standard InChI is InChI=1S/C11H12N2O2S/c14-7-3-6(4-7)12-9-5-10(15)13-8-1-2-16-11(8)9/h1-2,5-7,14H,3-4H2,(H2,12,13,15). The molecule has 84 valence electrons. The van der Waals surface area contributed by atoms with Gasteiger partial charge in [-0.25, -0.2) is 0 Å². The molecular formula is C11H12N2O2S. The highest BCUT2D eigenvalue weighted by Gasteiger charge is 2.27. The summed E-state index contributed by atoms with van der Waals surface area (Å²) in [6.07, 6.45) is 1.35. The van der Waals surface area contributed by atoms with E-state index >= 15 is 0 Å². The Labute approximate surface area is 95.9 Å². The first kappa shape index (κ1) is 9.86. The normalized spacial score (nSPS) is 24.3. The van der Waals surface area contributed by atoms with Crippen molar-refractivity contribution in [3.63, 3.8) is 0 Å². The van der Waals surface area contributed by atoms with Gasteiger partial charge in [-0.15, -0.1) is 11.3 Å². The molecule has 0 saturated heterocycles. The molecule has 3 N–H and O–H groups in total. The molecule has 0 radical (unpaired) electrons. The van der Waals surface area contributed by atoms with Crippen molar-refractivity contribution in [1.82, 2.24) is 4.98 Å². The van der Waals surface area contributed by atoms with Gasteiger partial charge in [-0.05, 0) is 24.3 Å². The molecule has 2 aromatic rings. The van der Waals surface area contributed by atoms with Gasteiger partial charge >= 0.3 is 0 Å². The second-order valence-corrected chi connectivity index (χ2v) is 5.09. The van der Waals surface area contributed by atoms with Crippen molar-refractivity contribution >= 4 is 27.2 Å². The Bertz CT molecular complexity index is 569. The third kappa shape index (κ3) is 1.62. The number of H-pyrrole nitrogens is 1. The fraction of sp³-hybridized carbons (Fsp3) is 0.364. The minimum atomic E-state index is -0.182. The van der Waals surface area contributed by atoms with Crippen LogP contribution < -0.4 is 10.9 Å². The zero-order valence-corrected chi connectivity index (χ0v) is 9.38. The van der Waals surface area contributed by atoms with Crippen molar-refractivity contribution in [3.8, 4) is 0 Å². The number of aliphatic hydroxyl groups excluding tert-OH is 1. The lowest BCUT2D eigenvalue weighted by atomic mass is 9.89. The van der Waals surface area contributed by atoms with Crippen LogP contribution in [0.25, 0.3) is 10.2 Å². The number of nitrogens with one attached hydrogen (secondary N) is 2. The Morgan fingerprint density at radius 1 is 1.50 bits per heavy atom. The Hall–Kier alpha value is -1.33. The van der Waals surface area contributed by atoms with E-state index in [0.717, 1.165) is 28.7 Å². The van der Waals surface area contributed by atoms with Crippen LogP contribution in [0, 0.1) is 0 Å². The molecule has 2 heterocycles. The van der Waals surface area contributed by atoms with Crippen molar-refractivity contribution in [2.45, 2.75) is 25.0 Å². The van der Waals surface area contributed by atoms with Crippen molar-refractivity contribution in [3.05, 3.63) is 27.9 Å². The molecule has 1 aliphatic carbocycles. The highest BCUT2D eigenvalue weighted by Crippen LogP contribution is 2.29. The first-order valence-corrected chi connectivity index (χ1v) is 6.15. The van der Waals surface area contributed by atoms with Crippen LogP contribution in [0.3, 0.4) is 0 Å². The summed E-state index contributed by atoms with van der Waals surface area (Å²) in [5.41, 5.74) is 1.67. The van der Waals surface area contributed by atoms with Gasteiger partial charge in [0.25, 0.3) is 5.56 Å². The molecule has 1 fully saturated rings. The van der Waals surface area contributed by atoms with Gasteiger partial charge < -0.3 is 15.4 Å². The van der Waals surface area contributed by atoms with E-state index in [2.05, 4.69) is 10.3 Å². The summed E-state index contributed by atoms with van der Waals surface area (Å²) in [7, 11) is 0. The second-order valence-electron chi connectivity index (χ2n) is 4.18. The van der Waals surface area contributed by atoms with Gasteiger partial charge in [0, 0.05) is 12.1 Å². The number of aromatic amines is 1. The van der Waals surface area contributed by atoms with E-state index in [1.807, 2.05) is 11.4 Å². The number of fused-ring (bicyclic) bond motifs is 1. The van der Waals surface area contributed by atoms with Gasteiger partial charge in [-0.1, -0.05) is 0 Å². The molecule has 4 nitrogen and oxygen atoms in total. The molecule has 0 atom stereocenters. The third-order valence-corrected chi connectivity index (χ3v) is 3.86. The number of hydrogen-bond donors (Lipinski definition) is 3. The summed E-state index contributed by atoms with van der Waals surface area (Å²) in [5, 5.41) is 14.5. The lowest BCUT2D eigenvalue weighted by Crippen LogP contribution is -2.39. The molecule has 3 rings (SSSR count). The number of aliphatic hydroxyl groups is 1. The maximum atomic E-state index is 11.4. The van der Waals surface area contributed by atoms with Crippen LogP contribution in [-0.2, 0) is 0 Å². The number of aromatic nitrogens is 1. The summed E-state index contributed by atoms with van der Waals surface area (Å²) in [6.45, 7) is 0. The average molecular weight is 236 g/mol. The summed E-state index contributed by atoms with van der Waals surface area (Å²) in [5.74, 6) is 0. The first-order valence-electron chi connectivity index (χ1n) is 5.27. The van der Waals surface area contributed by atoms with E-state index in [0.29, 0.717) is 6.04 Å². The number of thiophene rings is 1. The predicted molar refractivity (Wildman–Crippen MR) is 65.1 cm³/mol. The van der Waals surface area contributed by atoms with E-state index < -0.39 is 0 Å². The van der Waals surface area contributed by atoms with Gasteiger partial charge in [0.1, 0.15) is 0 Å². The molecular weight excluding hydrogens is 224 g/mol. The van der Waals surface area contributed by atoms with Crippen LogP contribution in [0.5, 0.6) is 0 Å². The number of anilines is 1. The van der Waals surface area contributed by atoms with Gasteiger partial charge in [0.2, 0.25) is 0 Å². The fourth-order valence-corrected chi connectivity index (χ4v) is 2.85. The molecule has 0 unspecified atom stereocenters. The highest BCUT2D eigenvalue weighted by atomic mass is 32.1. The zero-order chi connectivity index (χ0) is 11.1. The molecule has 0 spiro atoms. The molecule has 0 aliphatic heterocycles. The molecule has 16 heavy (non-hydrogen) atoms. The Morgan fingerprint density at radius 2 is 2.31 bits per heavy atom. The molecule has 0 bridgehead atoms. The van der Waals surface area contributed by atoms with Crippen molar-refractivity contribution < 1.29 is 5.11 Å². The van der Waals surface area contributed by atoms with E-state index in [4.69, 9.17) is 0 Å². The Balaban J connectivity index is 1.95. The first-order chi connectivity index (χ1) is 7.72. The highest BCUT2D eigenvalue weighted by molar-refractivity contribution is 7.17. The quantitative estimate of drug-likeness (QED) is 0.740. The van der Waals surface area contributed by atoms with Gasteiger partial charge in [-0.3, -0.25) is 4.79 Å². The molecule has 0 aromatic carbocycles. The average Bonchev–Trinajstić information content (AvgIpc) is 2.62. The van der Waals surface area contributed by atoms with Crippen LogP contribution in [0.2, 0.25) is 0 Å². The SMILES string of the molecule is O=c1cc(NC2CC(O)C2)c2sccc2[nH]1. The van der Waals surface area contributed by atoms with Crippen LogP contribution in [0.15, 0.2) is 22.3 Å². The Kier molecular flexibility index (Phi) is 2.22. The molecule has 5 heteroatoms. The number of rotatable bonds is 2. The predicted octanol–water partition coefficient (Wildman–Crippen LogP) is 1.52. The van der Waals surface area contributed by atoms with Crippen LogP contribution in [-0.4, -0.2) is 22.2 Å². The maximum Gasteiger partial charge on any atom is 0.250 e. The second kappa shape index (κ2) is 3.61. The smallest absolute Gasteiger partial charge is 0.250 e. The minimum absolute atomic E-state index is 0.0896. The van der Waals surface area contributed by atoms with E-state index in [1.54, 1.807) is 17.4 Å². The lowest BCUT2D eigenvalue weighted by Gasteiger charge is -2.32. The van der Waals surface area contributed by atoms with Crippen LogP contribution >= 0.6 is 11.3 Å². The van der Waals surface area contributed by atoms with Crippen molar-refractivity contribution in [2.75, 3.05) is 5.32 Å². The van der Waals surface area contributed by atoms with E-state index in [9.17, 15) is 9.90 Å². The summed E-state index contributed by atoms with van der Waals surface area (Å²) < 4.78 is 1.07. The third-order valence-electron chi connectivity index (χ3n) is 2.92. The summed E-state index contributed by atoms with van der Waals surface area (Å²) in [4.78, 5) is 14.2. The topological polar surface area (TPSA) is 65.1 Å². The monoisotopic (exact) mass is 236 g/mol. The van der Waals surface area contributed by atoms with Crippen LogP contribution in [0.4, 0.5) is 5.69 Å². The molecule has 1 saturated carbocycles. The fourth-order valence-electron chi connectivity index (χ4n) is 2.01. The van der Waals surface area contributed by atoms with Crippen LogP contribution in [0.1, 0.15) is 12.8 Å². The van der Waals surface area contributed by atoms with Gasteiger partial charge in [-0.2, -0.15) is 0 Å². The maximum absolute atomic E-state index is 11.4. The van der Waals surface area contributed by atoms with Crippen molar-refractivity contribution in [2.24, 2.45) is 0 Å². The lowest BCUT2D eigenvalue weighted by molar-refractivity contribution is 0.0837. The number of hydrogen-bond acceptors (Lipinski definition) is 4. The van der Waals surface area contributed by atoms with Gasteiger partial charge in [0.05, 0.1) is 22.0 Å². The Morgan fingerprint density at radius 3 is 3.06 bits per heavy atom. The van der Waals surface area contributed by atoms with Gasteiger partial charge in [0.15, 0.2) is 0 Å². The van der Waals surface area contributed by atoms with E-state index in [-0.39, 0.29) is 11.7 Å². The molecule has 1 aliphatic rings. The summed E-state index contributed by atoms with van der Waals surface area (Å²) >= 11 is 1.60. The minimum Gasteiger partial charge on any atom is -0.393 e. The summed E-state index contributed by atoms with van der Waals surface area (Å²) in [6, 6.07) is 3.79. The number of pyridine rings is 1. The molecule has 0 amide bonds. The zero-order valence-electron chi connectivity index (χ0n) is 8.56.